The maximum Gasteiger partial charge on any atom is 0.222 e. The van der Waals surface area contributed by atoms with Crippen molar-refractivity contribution in [1.82, 2.24) is 9.97 Å². The summed E-state index contributed by atoms with van der Waals surface area (Å²) < 4.78 is 11.1. The first-order valence-electron chi connectivity index (χ1n) is 7.81. The van der Waals surface area contributed by atoms with Crippen molar-refractivity contribution in [1.29, 1.82) is 0 Å². The zero-order valence-corrected chi connectivity index (χ0v) is 13.7. The van der Waals surface area contributed by atoms with Gasteiger partial charge in [-0.25, -0.2) is 4.98 Å². The lowest BCUT2D eigenvalue weighted by Crippen LogP contribution is -2.22. The van der Waals surface area contributed by atoms with Crippen LogP contribution in [0.5, 0.6) is 5.75 Å². The number of nitrogens with zero attached hydrogens (tertiary/aromatic N) is 2. The number of nitrogen functional groups attached to an aromatic ring is 1. The van der Waals surface area contributed by atoms with Gasteiger partial charge in [-0.15, -0.1) is 0 Å². The number of nitrogens with two attached hydrogens (primary N) is 1. The fraction of sp³-hybridized carbons (Fsp3) is 0.733. The Bertz CT molecular complexity index is 423. The van der Waals surface area contributed by atoms with Crippen LogP contribution < -0.4 is 15.8 Å². The van der Waals surface area contributed by atoms with Crippen molar-refractivity contribution >= 4 is 11.8 Å². The van der Waals surface area contributed by atoms with E-state index >= 15 is 0 Å². The van der Waals surface area contributed by atoms with E-state index in [0.29, 0.717) is 31.2 Å². The molecule has 0 aromatic carbocycles. The molecule has 0 aliphatic heterocycles. The maximum atomic E-state index is 9.15. The van der Waals surface area contributed by atoms with Gasteiger partial charge in [-0.05, 0) is 26.7 Å². The van der Waals surface area contributed by atoms with Gasteiger partial charge in [0.05, 0.1) is 18.9 Å². The predicted octanol–water partition coefficient (Wildman–Crippen LogP) is 1.83. The molecule has 0 spiro atoms. The van der Waals surface area contributed by atoms with Crippen LogP contribution in [0.4, 0.5) is 11.8 Å². The topological polar surface area (TPSA) is 103 Å². The maximum absolute atomic E-state index is 9.15. The van der Waals surface area contributed by atoms with Crippen LogP contribution in [0.15, 0.2) is 6.20 Å². The molecule has 0 unspecified atom stereocenters. The third kappa shape index (κ3) is 6.91. The van der Waals surface area contributed by atoms with E-state index in [2.05, 4.69) is 22.2 Å². The monoisotopic (exact) mass is 312 g/mol. The van der Waals surface area contributed by atoms with E-state index in [1.807, 2.05) is 13.8 Å². The summed E-state index contributed by atoms with van der Waals surface area (Å²) in [7, 11) is 0. The minimum absolute atomic E-state index is 0.122. The highest BCUT2D eigenvalue weighted by Crippen LogP contribution is 2.23. The molecule has 0 fully saturated rings. The van der Waals surface area contributed by atoms with Crippen LogP contribution in [-0.4, -0.2) is 47.0 Å². The first-order chi connectivity index (χ1) is 10.6. The van der Waals surface area contributed by atoms with Crippen LogP contribution in [-0.2, 0) is 4.74 Å². The summed E-state index contributed by atoms with van der Waals surface area (Å²) in [5.74, 6) is 1.29. The van der Waals surface area contributed by atoms with Crippen molar-refractivity contribution in [3.8, 4) is 5.75 Å². The van der Waals surface area contributed by atoms with Crippen molar-refractivity contribution < 1.29 is 14.6 Å². The summed E-state index contributed by atoms with van der Waals surface area (Å²) in [6, 6.07) is 0.124. The quantitative estimate of drug-likeness (QED) is 0.536. The van der Waals surface area contributed by atoms with Crippen molar-refractivity contribution in [2.24, 2.45) is 0 Å². The zero-order valence-electron chi connectivity index (χ0n) is 13.7. The zero-order chi connectivity index (χ0) is 16.4. The first kappa shape index (κ1) is 18.4. The molecule has 0 saturated carbocycles. The summed E-state index contributed by atoms with van der Waals surface area (Å²) in [6.07, 6.45) is 4.31. The molecule has 1 rings (SSSR count). The molecule has 126 valence electrons. The van der Waals surface area contributed by atoms with Crippen LogP contribution in [0, 0.1) is 0 Å². The van der Waals surface area contributed by atoms with Crippen LogP contribution >= 0.6 is 0 Å². The highest BCUT2D eigenvalue weighted by Gasteiger charge is 2.13. The van der Waals surface area contributed by atoms with Gasteiger partial charge in [-0.1, -0.05) is 13.3 Å². The molecule has 1 aromatic rings. The number of aliphatic hydroxyl groups is 1. The molecule has 22 heavy (non-hydrogen) atoms. The number of aliphatic hydroxyl groups excluding tert-OH is 1. The molecule has 1 heterocycles. The normalized spacial score (nSPS) is 12.4. The molecule has 1 atom stereocenters. The lowest BCUT2D eigenvalue weighted by Gasteiger charge is -2.20. The van der Waals surface area contributed by atoms with Crippen molar-refractivity contribution in [2.45, 2.75) is 52.2 Å². The lowest BCUT2D eigenvalue weighted by atomic mass is 10.1. The Morgan fingerprint density at radius 3 is 2.73 bits per heavy atom. The summed E-state index contributed by atoms with van der Waals surface area (Å²) >= 11 is 0. The van der Waals surface area contributed by atoms with Crippen molar-refractivity contribution in [3.05, 3.63) is 6.20 Å². The number of aromatic nitrogens is 2. The van der Waals surface area contributed by atoms with E-state index in [4.69, 9.17) is 20.3 Å². The Hall–Kier alpha value is -1.60. The molecule has 0 amide bonds. The van der Waals surface area contributed by atoms with Crippen molar-refractivity contribution in [3.63, 3.8) is 0 Å². The third-order valence-corrected chi connectivity index (χ3v) is 3.02. The minimum Gasteiger partial charge on any atom is -0.486 e. The van der Waals surface area contributed by atoms with Gasteiger partial charge in [0.25, 0.3) is 0 Å². The molecular weight excluding hydrogens is 284 g/mol. The number of hydrogen-bond acceptors (Lipinski definition) is 7. The first-order valence-corrected chi connectivity index (χ1v) is 7.81. The molecule has 0 radical (unpaired) electrons. The fourth-order valence-electron chi connectivity index (χ4n) is 2.02. The second kappa shape index (κ2) is 10.2. The van der Waals surface area contributed by atoms with E-state index < -0.39 is 0 Å². The lowest BCUT2D eigenvalue weighted by molar-refractivity contribution is 0.0553. The van der Waals surface area contributed by atoms with E-state index in [-0.39, 0.29) is 24.7 Å². The molecule has 7 heteroatoms. The van der Waals surface area contributed by atoms with Crippen molar-refractivity contribution in [2.75, 3.05) is 30.9 Å². The standard InChI is InChI=1S/C15H28N4O3/c1-4-5-12(6-7-20)18-14-13(10-17-15(16)19-14)22-9-8-21-11(2)3/h10-12,20H,4-9H2,1-3H3,(H3,16,17,18,19)/t12-/m0/s1. The number of ether oxygens (including phenoxy) is 2. The summed E-state index contributed by atoms with van der Waals surface area (Å²) in [4.78, 5) is 8.16. The Morgan fingerprint density at radius 1 is 1.32 bits per heavy atom. The summed E-state index contributed by atoms with van der Waals surface area (Å²) in [5.41, 5.74) is 5.65. The van der Waals surface area contributed by atoms with Crippen LogP contribution in [0.2, 0.25) is 0 Å². The van der Waals surface area contributed by atoms with Gasteiger partial charge in [0.2, 0.25) is 5.95 Å². The van der Waals surface area contributed by atoms with E-state index in [9.17, 15) is 0 Å². The van der Waals surface area contributed by atoms with Crippen LogP contribution in [0.3, 0.4) is 0 Å². The molecule has 7 nitrogen and oxygen atoms in total. The summed E-state index contributed by atoms with van der Waals surface area (Å²) in [6.45, 7) is 7.08. The average molecular weight is 312 g/mol. The van der Waals surface area contributed by atoms with Gasteiger partial charge in [0.15, 0.2) is 11.6 Å². The Kier molecular flexibility index (Phi) is 8.54. The molecular formula is C15H28N4O3. The van der Waals surface area contributed by atoms with E-state index in [1.165, 1.54) is 0 Å². The smallest absolute Gasteiger partial charge is 0.222 e. The highest BCUT2D eigenvalue weighted by atomic mass is 16.5. The van der Waals surface area contributed by atoms with Gasteiger partial charge in [0, 0.05) is 12.6 Å². The minimum atomic E-state index is 0.122. The van der Waals surface area contributed by atoms with Crippen LogP contribution in [0.1, 0.15) is 40.0 Å². The van der Waals surface area contributed by atoms with E-state index in [1.54, 1.807) is 6.20 Å². The van der Waals surface area contributed by atoms with Crippen LogP contribution in [0.25, 0.3) is 0 Å². The number of nitrogens with one attached hydrogen (secondary N) is 1. The summed E-state index contributed by atoms with van der Waals surface area (Å²) in [5, 5.41) is 12.4. The molecule has 0 bridgehead atoms. The number of rotatable bonds is 11. The van der Waals surface area contributed by atoms with Gasteiger partial charge < -0.3 is 25.6 Å². The Balaban J connectivity index is 2.68. The molecule has 0 saturated heterocycles. The van der Waals surface area contributed by atoms with Gasteiger partial charge in [-0.2, -0.15) is 4.98 Å². The molecule has 1 aromatic heterocycles. The molecule has 0 aliphatic carbocycles. The van der Waals surface area contributed by atoms with Gasteiger partial charge in [-0.3, -0.25) is 0 Å². The molecule has 0 aliphatic rings. The average Bonchev–Trinajstić information content (AvgIpc) is 2.45. The number of hydrogen-bond donors (Lipinski definition) is 3. The highest BCUT2D eigenvalue weighted by molar-refractivity contribution is 5.51. The largest absolute Gasteiger partial charge is 0.486 e. The second-order valence-corrected chi connectivity index (χ2v) is 5.35. The van der Waals surface area contributed by atoms with Gasteiger partial charge in [0.1, 0.15) is 6.61 Å². The SMILES string of the molecule is CCC[C@@H](CCO)Nc1nc(N)ncc1OCCOC(C)C. The fourth-order valence-corrected chi connectivity index (χ4v) is 2.02. The third-order valence-electron chi connectivity index (χ3n) is 3.02. The predicted molar refractivity (Wildman–Crippen MR) is 87.0 cm³/mol. The Morgan fingerprint density at radius 2 is 2.09 bits per heavy atom. The van der Waals surface area contributed by atoms with E-state index in [0.717, 1.165) is 12.8 Å². The second-order valence-electron chi connectivity index (χ2n) is 5.35. The number of anilines is 2. The van der Waals surface area contributed by atoms with Gasteiger partial charge >= 0.3 is 0 Å². The molecule has 4 N–H and O–H groups in total. The Labute approximate surface area is 132 Å².